The standard InChI is InChI=1S/C14H20N4/c1-4-12-6-5-7-18(9-12)14-13(8-15)10(2)11(3)16-17-14/h12H,4-7,9H2,1-3H3. The summed E-state index contributed by atoms with van der Waals surface area (Å²) >= 11 is 0. The Labute approximate surface area is 109 Å². The molecule has 18 heavy (non-hydrogen) atoms. The van der Waals surface area contributed by atoms with Crippen molar-refractivity contribution in [3.05, 3.63) is 16.8 Å². The molecular weight excluding hydrogens is 224 g/mol. The molecule has 1 aromatic rings. The molecule has 0 spiro atoms. The molecule has 2 rings (SSSR count). The van der Waals surface area contributed by atoms with E-state index in [2.05, 4.69) is 28.1 Å². The SMILES string of the molecule is CCC1CCCN(c2nnc(C)c(C)c2C#N)C1. The maximum absolute atomic E-state index is 9.33. The third-order valence-corrected chi connectivity index (χ3v) is 3.94. The summed E-state index contributed by atoms with van der Waals surface area (Å²) in [5.74, 6) is 1.49. The predicted molar refractivity (Wildman–Crippen MR) is 71.4 cm³/mol. The topological polar surface area (TPSA) is 52.8 Å². The number of nitrogens with zero attached hydrogens (tertiary/aromatic N) is 4. The highest BCUT2D eigenvalue weighted by molar-refractivity contribution is 5.57. The summed E-state index contributed by atoms with van der Waals surface area (Å²) in [6.45, 7) is 8.07. The van der Waals surface area contributed by atoms with Crippen molar-refractivity contribution >= 4 is 5.82 Å². The molecule has 1 aliphatic rings. The summed E-state index contributed by atoms with van der Waals surface area (Å²) in [7, 11) is 0. The molecule has 4 nitrogen and oxygen atoms in total. The van der Waals surface area contributed by atoms with Gasteiger partial charge >= 0.3 is 0 Å². The minimum absolute atomic E-state index is 0.694. The minimum atomic E-state index is 0.694. The normalized spacial score (nSPS) is 19.7. The first-order valence-corrected chi connectivity index (χ1v) is 6.66. The lowest BCUT2D eigenvalue weighted by Crippen LogP contribution is -2.36. The van der Waals surface area contributed by atoms with Crippen LogP contribution in [0.15, 0.2) is 0 Å². The molecule has 2 heterocycles. The average Bonchev–Trinajstić information content (AvgIpc) is 2.41. The van der Waals surface area contributed by atoms with Crippen LogP contribution < -0.4 is 4.90 Å². The van der Waals surface area contributed by atoms with Gasteiger partial charge in [0, 0.05) is 13.1 Å². The lowest BCUT2D eigenvalue weighted by Gasteiger charge is -2.33. The molecule has 0 saturated carbocycles. The third-order valence-electron chi connectivity index (χ3n) is 3.94. The van der Waals surface area contributed by atoms with Crippen LogP contribution in [0.4, 0.5) is 5.82 Å². The summed E-state index contributed by atoms with van der Waals surface area (Å²) in [5.41, 5.74) is 2.50. The van der Waals surface area contributed by atoms with Crippen LogP contribution in [-0.2, 0) is 0 Å². The van der Waals surface area contributed by atoms with Crippen molar-refractivity contribution in [3.8, 4) is 6.07 Å². The van der Waals surface area contributed by atoms with Gasteiger partial charge in [0.2, 0.25) is 0 Å². The summed E-state index contributed by atoms with van der Waals surface area (Å²) in [6, 6.07) is 2.29. The average molecular weight is 244 g/mol. The van der Waals surface area contributed by atoms with Gasteiger partial charge in [-0.3, -0.25) is 0 Å². The first-order valence-electron chi connectivity index (χ1n) is 6.66. The van der Waals surface area contributed by atoms with Gasteiger partial charge in [-0.15, -0.1) is 5.10 Å². The molecule has 4 heteroatoms. The summed E-state index contributed by atoms with van der Waals surface area (Å²) in [6.07, 6.45) is 3.65. The highest BCUT2D eigenvalue weighted by Gasteiger charge is 2.23. The Bertz CT molecular complexity index is 475. The summed E-state index contributed by atoms with van der Waals surface area (Å²) in [4.78, 5) is 2.23. The van der Waals surface area contributed by atoms with Gasteiger partial charge in [0.15, 0.2) is 5.82 Å². The monoisotopic (exact) mass is 244 g/mol. The van der Waals surface area contributed by atoms with Crippen molar-refractivity contribution in [2.75, 3.05) is 18.0 Å². The Hall–Kier alpha value is -1.63. The molecule has 0 aromatic carbocycles. The molecule has 1 unspecified atom stereocenters. The Morgan fingerprint density at radius 2 is 2.17 bits per heavy atom. The molecule has 1 fully saturated rings. The number of aryl methyl sites for hydroxylation is 1. The molecule has 0 aliphatic carbocycles. The van der Waals surface area contributed by atoms with Gasteiger partial charge in [-0.1, -0.05) is 13.3 Å². The highest BCUT2D eigenvalue weighted by atomic mass is 15.3. The smallest absolute Gasteiger partial charge is 0.169 e. The van der Waals surface area contributed by atoms with E-state index in [0.717, 1.165) is 30.2 Å². The Morgan fingerprint density at radius 1 is 1.39 bits per heavy atom. The van der Waals surface area contributed by atoms with E-state index in [1.165, 1.54) is 19.3 Å². The van der Waals surface area contributed by atoms with Gasteiger partial charge in [0.1, 0.15) is 11.6 Å². The second-order valence-electron chi connectivity index (χ2n) is 5.08. The molecule has 0 amide bonds. The Morgan fingerprint density at radius 3 is 2.83 bits per heavy atom. The van der Waals surface area contributed by atoms with Crippen molar-refractivity contribution in [3.63, 3.8) is 0 Å². The molecule has 1 aliphatic heterocycles. The van der Waals surface area contributed by atoms with E-state index in [9.17, 15) is 5.26 Å². The number of anilines is 1. The zero-order valence-electron chi connectivity index (χ0n) is 11.4. The van der Waals surface area contributed by atoms with E-state index in [0.29, 0.717) is 11.5 Å². The quantitative estimate of drug-likeness (QED) is 0.802. The van der Waals surface area contributed by atoms with Gasteiger partial charge in [0.25, 0.3) is 0 Å². The van der Waals surface area contributed by atoms with Gasteiger partial charge in [0.05, 0.1) is 5.69 Å². The summed E-state index contributed by atoms with van der Waals surface area (Å²) in [5, 5.41) is 17.8. The van der Waals surface area contributed by atoms with E-state index >= 15 is 0 Å². The largest absolute Gasteiger partial charge is 0.354 e. The molecule has 0 bridgehead atoms. The maximum Gasteiger partial charge on any atom is 0.169 e. The Balaban J connectivity index is 2.33. The van der Waals surface area contributed by atoms with Crippen molar-refractivity contribution in [1.29, 1.82) is 5.26 Å². The number of aromatic nitrogens is 2. The fourth-order valence-electron chi connectivity index (χ4n) is 2.54. The maximum atomic E-state index is 9.33. The van der Waals surface area contributed by atoms with Crippen LogP contribution in [0, 0.1) is 31.1 Å². The zero-order valence-corrected chi connectivity index (χ0v) is 11.4. The number of hydrogen-bond donors (Lipinski definition) is 0. The second kappa shape index (κ2) is 5.34. The first-order chi connectivity index (χ1) is 8.67. The van der Waals surface area contributed by atoms with Gasteiger partial charge in [-0.05, 0) is 38.2 Å². The number of hydrogen-bond acceptors (Lipinski definition) is 4. The lowest BCUT2D eigenvalue weighted by atomic mass is 9.95. The van der Waals surface area contributed by atoms with Crippen LogP contribution in [0.3, 0.4) is 0 Å². The third kappa shape index (κ3) is 2.31. The number of nitriles is 1. The van der Waals surface area contributed by atoms with E-state index in [-0.39, 0.29) is 0 Å². The molecular formula is C14H20N4. The van der Waals surface area contributed by atoms with Crippen molar-refractivity contribution in [2.45, 2.75) is 40.0 Å². The van der Waals surface area contributed by atoms with Gasteiger partial charge in [-0.2, -0.15) is 10.4 Å². The van der Waals surface area contributed by atoms with Gasteiger partial charge < -0.3 is 4.90 Å². The van der Waals surface area contributed by atoms with Crippen molar-refractivity contribution in [1.82, 2.24) is 10.2 Å². The number of piperidine rings is 1. The van der Waals surface area contributed by atoms with E-state index < -0.39 is 0 Å². The molecule has 0 radical (unpaired) electrons. The van der Waals surface area contributed by atoms with Crippen molar-refractivity contribution < 1.29 is 0 Å². The summed E-state index contributed by atoms with van der Waals surface area (Å²) < 4.78 is 0. The molecule has 0 N–H and O–H groups in total. The van der Waals surface area contributed by atoms with E-state index in [1.54, 1.807) is 0 Å². The predicted octanol–water partition coefficient (Wildman–Crippen LogP) is 2.59. The van der Waals surface area contributed by atoms with Crippen LogP contribution in [-0.4, -0.2) is 23.3 Å². The molecule has 96 valence electrons. The first kappa shape index (κ1) is 12.8. The van der Waals surface area contributed by atoms with E-state index in [1.807, 2.05) is 13.8 Å². The number of rotatable bonds is 2. The van der Waals surface area contributed by atoms with E-state index in [4.69, 9.17) is 0 Å². The zero-order chi connectivity index (χ0) is 13.1. The van der Waals surface area contributed by atoms with Crippen LogP contribution in [0.2, 0.25) is 0 Å². The lowest BCUT2D eigenvalue weighted by molar-refractivity contribution is 0.402. The molecule has 1 aromatic heterocycles. The molecule has 1 saturated heterocycles. The fraction of sp³-hybridized carbons (Fsp3) is 0.643. The van der Waals surface area contributed by atoms with Gasteiger partial charge in [-0.25, -0.2) is 0 Å². The minimum Gasteiger partial charge on any atom is -0.354 e. The van der Waals surface area contributed by atoms with Crippen LogP contribution in [0.25, 0.3) is 0 Å². The fourth-order valence-corrected chi connectivity index (χ4v) is 2.54. The van der Waals surface area contributed by atoms with Crippen LogP contribution in [0.5, 0.6) is 0 Å². The second-order valence-corrected chi connectivity index (χ2v) is 5.08. The molecule has 1 atom stereocenters. The Kier molecular flexibility index (Phi) is 3.81. The van der Waals surface area contributed by atoms with Crippen molar-refractivity contribution in [2.24, 2.45) is 5.92 Å². The van der Waals surface area contributed by atoms with Crippen LogP contribution >= 0.6 is 0 Å². The van der Waals surface area contributed by atoms with Crippen LogP contribution in [0.1, 0.15) is 43.0 Å². The highest BCUT2D eigenvalue weighted by Crippen LogP contribution is 2.27.